The lowest BCUT2D eigenvalue weighted by molar-refractivity contribution is -0.137. The lowest BCUT2D eigenvalue weighted by atomic mass is 9.98. The Morgan fingerprint density at radius 2 is 1.83 bits per heavy atom. The van der Waals surface area contributed by atoms with Gasteiger partial charge in [-0.3, -0.25) is 4.79 Å². The summed E-state index contributed by atoms with van der Waals surface area (Å²) in [6, 6.07) is 0.280. The van der Waals surface area contributed by atoms with Gasteiger partial charge in [-0.2, -0.15) is 0 Å². The number of amides is 2. The average Bonchev–Trinajstić information content (AvgIpc) is 2.27. The average molecular weight is 256 g/mol. The van der Waals surface area contributed by atoms with E-state index in [1.165, 1.54) is 4.90 Å². The smallest absolute Gasteiger partial charge is 0.323 e. The van der Waals surface area contributed by atoms with Crippen LogP contribution in [-0.4, -0.2) is 52.1 Å². The second kappa shape index (κ2) is 6.61. The van der Waals surface area contributed by atoms with Crippen molar-refractivity contribution in [2.45, 2.75) is 58.5 Å². The zero-order valence-corrected chi connectivity index (χ0v) is 11.6. The first-order valence-electron chi connectivity index (χ1n) is 6.76. The van der Waals surface area contributed by atoms with Gasteiger partial charge in [0.2, 0.25) is 0 Å². The van der Waals surface area contributed by atoms with Crippen molar-refractivity contribution in [2.24, 2.45) is 0 Å². The van der Waals surface area contributed by atoms with E-state index in [-0.39, 0.29) is 24.7 Å². The van der Waals surface area contributed by atoms with Crippen LogP contribution >= 0.6 is 0 Å². The molecule has 2 amide bonds. The van der Waals surface area contributed by atoms with Gasteiger partial charge < -0.3 is 14.9 Å². The molecule has 18 heavy (non-hydrogen) atoms. The minimum atomic E-state index is -0.950. The first kappa shape index (κ1) is 14.8. The van der Waals surface area contributed by atoms with Crippen LogP contribution in [0, 0.1) is 0 Å². The lowest BCUT2D eigenvalue weighted by Gasteiger charge is -2.41. The van der Waals surface area contributed by atoms with Crippen molar-refractivity contribution < 1.29 is 14.7 Å². The van der Waals surface area contributed by atoms with E-state index in [9.17, 15) is 9.59 Å². The standard InChI is InChI=1S/C13H24N2O3/c1-4-8-14(9-12(16)17)13(18)15-10(2)6-5-7-11(15)3/h10-11H,4-9H2,1-3H3,(H,16,17). The molecule has 2 atom stereocenters. The fourth-order valence-electron chi connectivity index (χ4n) is 2.64. The van der Waals surface area contributed by atoms with Crippen LogP contribution in [0.2, 0.25) is 0 Å². The summed E-state index contributed by atoms with van der Waals surface area (Å²) in [7, 11) is 0. The number of nitrogens with zero attached hydrogens (tertiary/aromatic N) is 2. The summed E-state index contributed by atoms with van der Waals surface area (Å²) < 4.78 is 0. The molecule has 1 heterocycles. The molecule has 0 aromatic carbocycles. The molecule has 1 N–H and O–H groups in total. The zero-order valence-electron chi connectivity index (χ0n) is 11.6. The minimum absolute atomic E-state index is 0.126. The van der Waals surface area contributed by atoms with Crippen LogP contribution < -0.4 is 0 Å². The predicted molar refractivity (Wildman–Crippen MR) is 69.5 cm³/mol. The number of hydrogen-bond acceptors (Lipinski definition) is 2. The van der Waals surface area contributed by atoms with Gasteiger partial charge in [0, 0.05) is 18.6 Å². The Hall–Kier alpha value is -1.26. The Kier molecular flexibility index (Phi) is 5.44. The zero-order chi connectivity index (χ0) is 13.7. The molecule has 104 valence electrons. The van der Waals surface area contributed by atoms with E-state index in [1.807, 2.05) is 25.7 Å². The molecule has 1 fully saturated rings. The summed E-state index contributed by atoms with van der Waals surface area (Å²) in [4.78, 5) is 26.5. The van der Waals surface area contributed by atoms with Crippen molar-refractivity contribution in [3.63, 3.8) is 0 Å². The molecule has 1 aliphatic heterocycles. The number of carboxylic acids is 1. The number of piperidine rings is 1. The number of urea groups is 1. The van der Waals surface area contributed by atoms with E-state index in [4.69, 9.17) is 5.11 Å². The Bertz CT molecular complexity index is 297. The highest BCUT2D eigenvalue weighted by atomic mass is 16.4. The number of rotatable bonds is 4. The van der Waals surface area contributed by atoms with Crippen LogP contribution in [0.5, 0.6) is 0 Å². The number of hydrogen-bond donors (Lipinski definition) is 1. The second-order valence-corrected chi connectivity index (χ2v) is 5.13. The molecule has 2 unspecified atom stereocenters. The van der Waals surface area contributed by atoms with Gasteiger partial charge in [0.1, 0.15) is 6.54 Å². The van der Waals surface area contributed by atoms with Gasteiger partial charge in [0.15, 0.2) is 0 Å². The predicted octanol–water partition coefficient (Wildman–Crippen LogP) is 2.17. The molecule has 0 spiro atoms. The highest BCUT2D eigenvalue weighted by Gasteiger charge is 2.32. The first-order valence-corrected chi connectivity index (χ1v) is 6.76. The summed E-state index contributed by atoms with van der Waals surface area (Å²) in [6.07, 6.45) is 3.92. The highest BCUT2D eigenvalue weighted by Crippen LogP contribution is 2.23. The van der Waals surface area contributed by atoms with Crippen LogP contribution in [0.4, 0.5) is 4.79 Å². The largest absolute Gasteiger partial charge is 0.480 e. The fraction of sp³-hybridized carbons (Fsp3) is 0.846. The van der Waals surface area contributed by atoms with Crippen LogP contribution in [-0.2, 0) is 4.79 Å². The van der Waals surface area contributed by atoms with E-state index in [0.717, 1.165) is 25.7 Å². The normalized spacial score (nSPS) is 23.8. The number of likely N-dealkylation sites (tertiary alicyclic amines) is 1. The fourth-order valence-corrected chi connectivity index (χ4v) is 2.64. The van der Waals surface area contributed by atoms with E-state index in [1.54, 1.807) is 0 Å². The quantitative estimate of drug-likeness (QED) is 0.838. The van der Waals surface area contributed by atoms with Gasteiger partial charge in [-0.1, -0.05) is 6.92 Å². The van der Waals surface area contributed by atoms with Gasteiger partial charge in [0.05, 0.1) is 0 Å². The maximum Gasteiger partial charge on any atom is 0.323 e. The van der Waals surface area contributed by atoms with Crippen LogP contribution in [0.25, 0.3) is 0 Å². The molecule has 1 saturated heterocycles. The third-order valence-corrected chi connectivity index (χ3v) is 3.50. The minimum Gasteiger partial charge on any atom is -0.480 e. The maximum absolute atomic E-state index is 12.4. The van der Waals surface area contributed by atoms with Gasteiger partial charge in [-0.25, -0.2) is 4.79 Å². The van der Waals surface area contributed by atoms with Crippen molar-refractivity contribution >= 4 is 12.0 Å². The highest BCUT2D eigenvalue weighted by molar-refractivity contribution is 5.80. The van der Waals surface area contributed by atoms with Crippen LogP contribution in [0.1, 0.15) is 46.5 Å². The Labute approximate surface area is 109 Å². The van der Waals surface area contributed by atoms with E-state index >= 15 is 0 Å². The Balaban J connectivity index is 2.76. The van der Waals surface area contributed by atoms with Crippen molar-refractivity contribution in [3.05, 3.63) is 0 Å². The van der Waals surface area contributed by atoms with Crippen molar-refractivity contribution in [1.29, 1.82) is 0 Å². The van der Waals surface area contributed by atoms with Crippen LogP contribution in [0.15, 0.2) is 0 Å². The first-order chi connectivity index (χ1) is 8.47. The van der Waals surface area contributed by atoms with E-state index in [0.29, 0.717) is 6.54 Å². The molecule has 1 rings (SSSR count). The third kappa shape index (κ3) is 3.62. The van der Waals surface area contributed by atoms with Gasteiger partial charge >= 0.3 is 12.0 Å². The Morgan fingerprint density at radius 1 is 1.28 bits per heavy atom. The summed E-state index contributed by atoms with van der Waals surface area (Å²) in [5.74, 6) is -0.950. The maximum atomic E-state index is 12.4. The molecular formula is C13H24N2O3. The van der Waals surface area contributed by atoms with Crippen molar-refractivity contribution in [1.82, 2.24) is 9.80 Å². The number of carboxylic acid groups (broad SMARTS) is 1. The second-order valence-electron chi connectivity index (χ2n) is 5.13. The van der Waals surface area contributed by atoms with Gasteiger partial charge in [0.25, 0.3) is 0 Å². The molecule has 0 radical (unpaired) electrons. The van der Waals surface area contributed by atoms with Gasteiger partial charge in [-0.05, 0) is 39.5 Å². The molecule has 0 aliphatic carbocycles. The Morgan fingerprint density at radius 3 is 2.28 bits per heavy atom. The summed E-state index contributed by atoms with van der Waals surface area (Å²) in [5.41, 5.74) is 0. The summed E-state index contributed by atoms with van der Waals surface area (Å²) in [5, 5.41) is 8.88. The number of carbonyl (C=O) groups is 2. The summed E-state index contributed by atoms with van der Waals surface area (Å²) >= 11 is 0. The van der Waals surface area contributed by atoms with Gasteiger partial charge in [-0.15, -0.1) is 0 Å². The third-order valence-electron chi connectivity index (χ3n) is 3.50. The molecule has 0 aromatic rings. The summed E-state index contributed by atoms with van der Waals surface area (Å²) in [6.45, 7) is 6.33. The van der Waals surface area contributed by atoms with Crippen molar-refractivity contribution in [2.75, 3.05) is 13.1 Å². The molecule has 0 aromatic heterocycles. The molecule has 0 bridgehead atoms. The molecular weight excluding hydrogens is 232 g/mol. The topological polar surface area (TPSA) is 60.9 Å². The number of aliphatic carboxylic acids is 1. The van der Waals surface area contributed by atoms with E-state index < -0.39 is 5.97 Å². The molecule has 5 nitrogen and oxygen atoms in total. The van der Waals surface area contributed by atoms with Crippen LogP contribution in [0.3, 0.4) is 0 Å². The molecule has 5 heteroatoms. The molecule has 1 aliphatic rings. The number of carbonyl (C=O) groups excluding carboxylic acids is 1. The SMILES string of the molecule is CCCN(CC(=O)O)C(=O)N1C(C)CCCC1C. The molecule has 0 saturated carbocycles. The van der Waals surface area contributed by atoms with E-state index in [2.05, 4.69) is 0 Å². The van der Waals surface area contributed by atoms with Crippen molar-refractivity contribution in [3.8, 4) is 0 Å². The monoisotopic (exact) mass is 256 g/mol. The lowest BCUT2D eigenvalue weighted by Crippen LogP contribution is -2.54.